The van der Waals surface area contributed by atoms with Crippen molar-refractivity contribution in [2.75, 3.05) is 0 Å². The summed E-state index contributed by atoms with van der Waals surface area (Å²) in [5, 5.41) is 10.5. The minimum Gasteiger partial charge on any atom is -0.455 e. The summed E-state index contributed by atoms with van der Waals surface area (Å²) in [6.07, 6.45) is 8.42. The summed E-state index contributed by atoms with van der Waals surface area (Å²) < 4.78 is 7.30. The van der Waals surface area contributed by atoms with E-state index in [2.05, 4.69) is 33.8 Å². The SMILES string of the molecule is CCCCCCCc1c2c(nc3c1c(C#N)cn3C(C)(C)C)COC2=O. The van der Waals surface area contributed by atoms with Crippen molar-refractivity contribution in [3.63, 3.8) is 0 Å². The molecule has 0 bridgehead atoms. The molecule has 5 nitrogen and oxygen atoms in total. The standard InChI is InChI=1S/C21H27N3O2/c1-5-6-7-8-9-10-15-17-14(11-22)12-24(21(2,3)4)19(17)23-16-13-26-20(25)18(15)16/h12H,5-10,13H2,1-4H3. The van der Waals surface area contributed by atoms with E-state index in [-0.39, 0.29) is 18.1 Å². The molecule has 0 saturated heterocycles. The predicted molar refractivity (Wildman–Crippen MR) is 101 cm³/mol. The Morgan fingerprint density at radius 2 is 2.00 bits per heavy atom. The number of hydrogen-bond acceptors (Lipinski definition) is 4. The van der Waals surface area contributed by atoms with Gasteiger partial charge in [-0.15, -0.1) is 0 Å². The Morgan fingerprint density at radius 3 is 2.65 bits per heavy atom. The number of hydrogen-bond donors (Lipinski definition) is 0. The molecular formula is C21H27N3O2. The van der Waals surface area contributed by atoms with Crippen LogP contribution in [0.1, 0.15) is 87.0 Å². The normalized spacial score (nSPS) is 13.7. The van der Waals surface area contributed by atoms with Crippen LogP contribution in [0.25, 0.3) is 11.0 Å². The van der Waals surface area contributed by atoms with E-state index in [4.69, 9.17) is 9.72 Å². The summed E-state index contributed by atoms with van der Waals surface area (Å²) in [5.41, 5.74) is 3.43. The van der Waals surface area contributed by atoms with Gasteiger partial charge >= 0.3 is 5.97 Å². The number of pyridine rings is 1. The molecule has 0 atom stereocenters. The lowest BCUT2D eigenvalue weighted by Gasteiger charge is -2.22. The third-order valence-electron chi connectivity index (χ3n) is 5.03. The lowest BCUT2D eigenvalue weighted by Crippen LogP contribution is -2.21. The molecule has 0 amide bonds. The summed E-state index contributed by atoms with van der Waals surface area (Å²) >= 11 is 0. The summed E-state index contributed by atoms with van der Waals surface area (Å²) in [5.74, 6) is -0.301. The monoisotopic (exact) mass is 353 g/mol. The van der Waals surface area contributed by atoms with Crippen molar-refractivity contribution in [3.8, 4) is 6.07 Å². The number of carbonyl (C=O) groups is 1. The molecule has 138 valence electrons. The maximum absolute atomic E-state index is 12.3. The van der Waals surface area contributed by atoms with Gasteiger partial charge in [0, 0.05) is 17.1 Å². The van der Waals surface area contributed by atoms with E-state index in [0.29, 0.717) is 16.8 Å². The van der Waals surface area contributed by atoms with E-state index in [1.807, 2.05) is 10.8 Å². The molecule has 3 heterocycles. The maximum atomic E-state index is 12.3. The molecule has 0 saturated carbocycles. The topological polar surface area (TPSA) is 67.9 Å². The molecule has 2 aromatic heterocycles. The Kier molecular flexibility index (Phi) is 5.04. The van der Waals surface area contributed by atoms with Gasteiger partial charge < -0.3 is 9.30 Å². The fourth-order valence-corrected chi connectivity index (χ4v) is 3.69. The van der Waals surface area contributed by atoms with Crippen molar-refractivity contribution in [3.05, 3.63) is 28.6 Å². The first-order chi connectivity index (χ1) is 12.4. The van der Waals surface area contributed by atoms with Gasteiger partial charge in [-0.2, -0.15) is 5.26 Å². The van der Waals surface area contributed by atoms with Crippen LogP contribution >= 0.6 is 0 Å². The van der Waals surface area contributed by atoms with Gasteiger partial charge in [0.15, 0.2) is 0 Å². The largest absolute Gasteiger partial charge is 0.455 e. The molecule has 0 radical (unpaired) electrons. The number of rotatable bonds is 6. The van der Waals surface area contributed by atoms with Crippen molar-refractivity contribution in [1.29, 1.82) is 5.26 Å². The quantitative estimate of drug-likeness (QED) is 0.550. The number of nitriles is 1. The second-order valence-electron chi connectivity index (χ2n) is 8.05. The van der Waals surface area contributed by atoms with Crippen LogP contribution in [0.5, 0.6) is 0 Å². The highest BCUT2D eigenvalue weighted by Crippen LogP contribution is 2.35. The molecule has 1 aliphatic rings. The van der Waals surface area contributed by atoms with Crippen molar-refractivity contribution in [2.24, 2.45) is 0 Å². The summed E-state index contributed by atoms with van der Waals surface area (Å²) in [7, 11) is 0. The zero-order valence-corrected chi connectivity index (χ0v) is 16.2. The van der Waals surface area contributed by atoms with Crippen molar-refractivity contribution in [2.45, 2.75) is 78.4 Å². The number of unbranched alkanes of at least 4 members (excludes halogenated alkanes) is 4. The number of aromatic nitrogens is 2. The highest BCUT2D eigenvalue weighted by atomic mass is 16.5. The second-order valence-corrected chi connectivity index (χ2v) is 8.05. The number of ether oxygens (including phenoxy) is 1. The average molecular weight is 353 g/mol. The molecule has 3 rings (SSSR count). The van der Waals surface area contributed by atoms with Gasteiger partial charge in [0.25, 0.3) is 0 Å². The van der Waals surface area contributed by atoms with Crippen LogP contribution in [-0.2, 0) is 23.3 Å². The van der Waals surface area contributed by atoms with Crippen LogP contribution in [0.4, 0.5) is 0 Å². The number of carbonyl (C=O) groups excluding carboxylic acids is 1. The Bertz CT molecular complexity index is 882. The van der Waals surface area contributed by atoms with E-state index in [9.17, 15) is 10.1 Å². The lowest BCUT2D eigenvalue weighted by molar-refractivity contribution is 0.0532. The van der Waals surface area contributed by atoms with Crippen molar-refractivity contribution in [1.82, 2.24) is 9.55 Å². The molecule has 0 aromatic carbocycles. The van der Waals surface area contributed by atoms with E-state index in [1.165, 1.54) is 19.3 Å². The van der Waals surface area contributed by atoms with Gasteiger partial charge in [-0.1, -0.05) is 32.6 Å². The Hall–Kier alpha value is -2.35. The highest BCUT2D eigenvalue weighted by molar-refractivity contribution is 6.01. The third kappa shape index (κ3) is 3.21. The molecule has 2 aromatic rings. The van der Waals surface area contributed by atoms with Crippen LogP contribution in [-0.4, -0.2) is 15.5 Å². The molecule has 0 unspecified atom stereocenters. The lowest BCUT2D eigenvalue weighted by atomic mass is 9.96. The Balaban J connectivity index is 2.13. The summed E-state index contributed by atoms with van der Waals surface area (Å²) in [6.45, 7) is 8.70. The van der Waals surface area contributed by atoms with Gasteiger partial charge in [-0.3, -0.25) is 0 Å². The zero-order chi connectivity index (χ0) is 18.9. The number of fused-ring (bicyclic) bond motifs is 2. The van der Waals surface area contributed by atoms with Crippen molar-refractivity contribution < 1.29 is 9.53 Å². The van der Waals surface area contributed by atoms with Gasteiger partial charge in [0.1, 0.15) is 18.3 Å². The van der Waals surface area contributed by atoms with Gasteiger partial charge in [-0.25, -0.2) is 9.78 Å². The summed E-state index contributed by atoms with van der Waals surface area (Å²) in [6, 6.07) is 2.31. The first kappa shape index (κ1) is 18.4. The molecule has 1 aliphatic heterocycles. The van der Waals surface area contributed by atoms with Gasteiger partial charge in [-0.05, 0) is 39.2 Å². The van der Waals surface area contributed by atoms with E-state index in [0.717, 1.165) is 35.9 Å². The molecule has 0 N–H and O–H groups in total. The van der Waals surface area contributed by atoms with Crippen LogP contribution in [0.2, 0.25) is 0 Å². The number of cyclic esters (lactones) is 1. The van der Waals surface area contributed by atoms with Crippen LogP contribution < -0.4 is 0 Å². The predicted octanol–water partition coefficient (Wildman–Crippen LogP) is 4.85. The molecule has 0 fully saturated rings. The van der Waals surface area contributed by atoms with Crippen LogP contribution in [0.15, 0.2) is 6.20 Å². The Morgan fingerprint density at radius 1 is 1.27 bits per heavy atom. The number of nitrogens with zero attached hydrogens (tertiary/aromatic N) is 3. The zero-order valence-electron chi connectivity index (χ0n) is 16.2. The van der Waals surface area contributed by atoms with E-state index >= 15 is 0 Å². The fourth-order valence-electron chi connectivity index (χ4n) is 3.69. The number of aryl methyl sites for hydroxylation is 1. The maximum Gasteiger partial charge on any atom is 0.340 e. The fraction of sp³-hybridized carbons (Fsp3) is 0.571. The van der Waals surface area contributed by atoms with Gasteiger partial charge in [0.05, 0.1) is 16.8 Å². The summed E-state index contributed by atoms with van der Waals surface area (Å²) in [4.78, 5) is 17.0. The van der Waals surface area contributed by atoms with E-state index < -0.39 is 0 Å². The first-order valence-electron chi connectivity index (χ1n) is 9.53. The molecule has 0 spiro atoms. The van der Waals surface area contributed by atoms with Crippen LogP contribution in [0, 0.1) is 11.3 Å². The molecule has 26 heavy (non-hydrogen) atoms. The minimum atomic E-state index is -0.301. The average Bonchev–Trinajstić information content (AvgIpc) is 3.15. The second kappa shape index (κ2) is 7.11. The molecule has 0 aliphatic carbocycles. The first-order valence-corrected chi connectivity index (χ1v) is 9.53. The number of esters is 1. The third-order valence-corrected chi connectivity index (χ3v) is 5.03. The van der Waals surface area contributed by atoms with Gasteiger partial charge in [0.2, 0.25) is 0 Å². The molecule has 5 heteroatoms. The van der Waals surface area contributed by atoms with Crippen LogP contribution in [0.3, 0.4) is 0 Å². The Labute approximate surface area is 155 Å². The highest BCUT2D eigenvalue weighted by Gasteiger charge is 2.31. The smallest absolute Gasteiger partial charge is 0.340 e. The van der Waals surface area contributed by atoms with E-state index in [1.54, 1.807) is 0 Å². The minimum absolute atomic E-state index is 0.198. The van der Waals surface area contributed by atoms with Crippen molar-refractivity contribution >= 4 is 17.0 Å². The molecular weight excluding hydrogens is 326 g/mol.